The Labute approximate surface area is 107 Å². The molecule has 1 rings (SSSR count). The van der Waals surface area contributed by atoms with Gasteiger partial charge in [0.2, 0.25) is 0 Å². The van der Waals surface area contributed by atoms with Crippen LogP contribution in [-0.4, -0.2) is 31.8 Å². The van der Waals surface area contributed by atoms with Crippen LogP contribution in [0.25, 0.3) is 0 Å². The number of carboxylic acids is 1. The van der Waals surface area contributed by atoms with Crippen LogP contribution in [0.2, 0.25) is 0 Å². The molecular weight excluding hydrogens is 234 g/mol. The van der Waals surface area contributed by atoms with E-state index in [0.29, 0.717) is 18.7 Å². The van der Waals surface area contributed by atoms with Gasteiger partial charge in [0.25, 0.3) is 0 Å². The highest BCUT2D eigenvalue weighted by Gasteiger charge is 2.10. The number of anilines is 1. The highest BCUT2D eigenvalue weighted by Crippen LogP contribution is 2.28. The van der Waals surface area contributed by atoms with Crippen molar-refractivity contribution < 1.29 is 19.4 Å². The zero-order valence-corrected chi connectivity index (χ0v) is 10.9. The molecule has 0 saturated heterocycles. The molecule has 0 spiro atoms. The molecule has 0 aliphatic rings. The lowest BCUT2D eigenvalue weighted by Crippen LogP contribution is -2.14. The predicted molar refractivity (Wildman–Crippen MR) is 69.5 cm³/mol. The molecule has 0 bridgehead atoms. The van der Waals surface area contributed by atoms with Crippen LogP contribution in [0.1, 0.15) is 13.3 Å². The smallest absolute Gasteiger partial charge is 0.306 e. The van der Waals surface area contributed by atoms with Crippen molar-refractivity contribution in [2.45, 2.75) is 13.3 Å². The summed E-state index contributed by atoms with van der Waals surface area (Å²) in [6.45, 7) is 2.27. The molecule has 0 radical (unpaired) electrons. The molecule has 0 saturated carbocycles. The van der Waals surface area contributed by atoms with Crippen LogP contribution in [0.4, 0.5) is 5.69 Å². The summed E-state index contributed by atoms with van der Waals surface area (Å²) in [6, 6.07) is 5.46. The Kier molecular flexibility index (Phi) is 5.30. The fourth-order valence-corrected chi connectivity index (χ4v) is 1.49. The van der Waals surface area contributed by atoms with E-state index >= 15 is 0 Å². The summed E-state index contributed by atoms with van der Waals surface area (Å²) in [5.41, 5.74) is 0.830. The molecule has 0 heterocycles. The van der Waals surface area contributed by atoms with Gasteiger partial charge in [0, 0.05) is 12.6 Å². The third-order valence-corrected chi connectivity index (χ3v) is 2.72. The quantitative estimate of drug-likeness (QED) is 0.780. The van der Waals surface area contributed by atoms with Gasteiger partial charge >= 0.3 is 5.97 Å². The zero-order valence-electron chi connectivity index (χ0n) is 10.9. The lowest BCUT2D eigenvalue weighted by Gasteiger charge is -2.13. The number of hydrogen-bond donors (Lipinski definition) is 2. The van der Waals surface area contributed by atoms with E-state index in [4.69, 9.17) is 14.6 Å². The molecule has 0 aliphatic carbocycles. The third-order valence-electron chi connectivity index (χ3n) is 2.72. The summed E-state index contributed by atoms with van der Waals surface area (Å²) >= 11 is 0. The molecule has 5 nitrogen and oxygen atoms in total. The number of carboxylic acid groups (broad SMARTS) is 1. The van der Waals surface area contributed by atoms with Crippen LogP contribution in [0.15, 0.2) is 18.2 Å². The Morgan fingerprint density at radius 2 is 2.11 bits per heavy atom. The fourth-order valence-electron chi connectivity index (χ4n) is 1.49. The minimum atomic E-state index is -0.779. The van der Waals surface area contributed by atoms with Crippen molar-refractivity contribution in [3.8, 4) is 11.5 Å². The fraction of sp³-hybridized carbons (Fsp3) is 0.462. The molecule has 1 aromatic carbocycles. The van der Waals surface area contributed by atoms with Crippen LogP contribution in [0.5, 0.6) is 11.5 Å². The topological polar surface area (TPSA) is 67.8 Å². The van der Waals surface area contributed by atoms with Crippen molar-refractivity contribution in [3.63, 3.8) is 0 Å². The van der Waals surface area contributed by atoms with E-state index in [1.165, 1.54) is 0 Å². The van der Waals surface area contributed by atoms with Crippen LogP contribution in [0.3, 0.4) is 0 Å². The second-order valence-corrected chi connectivity index (χ2v) is 4.02. The van der Waals surface area contributed by atoms with E-state index in [0.717, 1.165) is 11.4 Å². The molecule has 18 heavy (non-hydrogen) atoms. The monoisotopic (exact) mass is 253 g/mol. The number of nitrogens with one attached hydrogen (secondary N) is 1. The minimum Gasteiger partial charge on any atom is -0.497 e. The number of hydrogen-bond acceptors (Lipinski definition) is 4. The highest BCUT2D eigenvalue weighted by atomic mass is 16.5. The summed E-state index contributed by atoms with van der Waals surface area (Å²) in [7, 11) is 3.18. The molecule has 1 aromatic rings. The number of rotatable bonds is 7. The van der Waals surface area contributed by atoms with E-state index < -0.39 is 5.97 Å². The molecule has 100 valence electrons. The lowest BCUT2D eigenvalue weighted by molar-refractivity contribution is -0.141. The Morgan fingerprint density at radius 1 is 1.39 bits per heavy atom. The largest absolute Gasteiger partial charge is 0.497 e. The average Bonchev–Trinajstić information content (AvgIpc) is 2.38. The van der Waals surface area contributed by atoms with Gasteiger partial charge in [-0.05, 0) is 18.6 Å². The van der Waals surface area contributed by atoms with Crippen LogP contribution < -0.4 is 14.8 Å². The maximum absolute atomic E-state index is 10.7. The van der Waals surface area contributed by atoms with Gasteiger partial charge in [0.05, 0.1) is 25.8 Å². The Hall–Kier alpha value is -1.91. The number of carbonyl (C=O) groups is 1. The van der Waals surface area contributed by atoms with Crippen LogP contribution >= 0.6 is 0 Å². The molecule has 1 atom stereocenters. The Balaban J connectivity index is 2.59. The van der Waals surface area contributed by atoms with Gasteiger partial charge in [-0.1, -0.05) is 6.92 Å². The van der Waals surface area contributed by atoms with Crippen LogP contribution in [-0.2, 0) is 4.79 Å². The summed E-state index contributed by atoms with van der Waals surface area (Å²) < 4.78 is 10.3. The summed E-state index contributed by atoms with van der Waals surface area (Å²) in [5.74, 6) is 0.258. The first-order chi connectivity index (χ1) is 8.58. The summed E-state index contributed by atoms with van der Waals surface area (Å²) in [6.07, 6.45) is 0.560. The van der Waals surface area contributed by atoms with Gasteiger partial charge in [-0.25, -0.2) is 0 Å². The molecule has 2 N–H and O–H groups in total. The molecule has 0 aromatic heterocycles. The van der Waals surface area contributed by atoms with E-state index in [1.54, 1.807) is 27.2 Å². The summed E-state index contributed by atoms with van der Waals surface area (Å²) in [5, 5.41) is 11.9. The van der Waals surface area contributed by atoms with Gasteiger partial charge in [-0.2, -0.15) is 0 Å². The van der Waals surface area contributed by atoms with Crippen molar-refractivity contribution in [1.82, 2.24) is 0 Å². The maximum Gasteiger partial charge on any atom is 0.306 e. The number of aliphatic carboxylic acids is 1. The lowest BCUT2D eigenvalue weighted by atomic mass is 10.1. The predicted octanol–water partition coefficient (Wildman–Crippen LogP) is 2.23. The van der Waals surface area contributed by atoms with Crippen molar-refractivity contribution in [3.05, 3.63) is 18.2 Å². The maximum atomic E-state index is 10.7. The van der Waals surface area contributed by atoms with E-state index in [1.807, 2.05) is 12.1 Å². The van der Waals surface area contributed by atoms with E-state index in [9.17, 15) is 4.79 Å². The van der Waals surface area contributed by atoms with Gasteiger partial charge in [-0.15, -0.1) is 0 Å². The molecule has 5 heteroatoms. The van der Waals surface area contributed by atoms with Gasteiger partial charge in [0.15, 0.2) is 0 Å². The number of benzene rings is 1. The number of methoxy groups -OCH3 is 2. The molecule has 0 fully saturated rings. The van der Waals surface area contributed by atoms with Gasteiger partial charge in [0.1, 0.15) is 11.5 Å². The molecule has 0 aliphatic heterocycles. The van der Waals surface area contributed by atoms with Crippen molar-refractivity contribution in [1.29, 1.82) is 0 Å². The molecular formula is C13H19NO4. The Bertz CT molecular complexity index is 406. The molecule has 1 unspecified atom stereocenters. The van der Waals surface area contributed by atoms with Gasteiger partial charge < -0.3 is 19.9 Å². The Morgan fingerprint density at radius 3 is 2.67 bits per heavy atom. The normalized spacial score (nSPS) is 11.7. The first-order valence-corrected chi connectivity index (χ1v) is 5.77. The summed E-state index contributed by atoms with van der Waals surface area (Å²) in [4.78, 5) is 10.7. The van der Waals surface area contributed by atoms with Crippen molar-refractivity contribution in [2.24, 2.45) is 5.92 Å². The van der Waals surface area contributed by atoms with Crippen molar-refractivity contribution in [2.75, 3.05) is 26.1 Å². The zero-order chi connectivity index (χ0) is 13.5. The SMILES string of the molecule is COc1ccc(NCCC(C)C(=O)O)c(OC)c1. The highest BCUT2D eigenvalue weighted by molar-refractivity contribution is 5.69. The first kappa shape index (κ1) is 14.2. The first-order valence-electron chi connectivity index (χ1n) is 5.77. The minimum absolute atomic E-state index is 0.359. The second kappa shape index (κ2) is 6.74. The van der Waals surface area contributed by atoms with E-state index in [-0.39, 0.29) is 5.92 Å². The number of ether oxygens (including phenoxy) is 2. The van der Waals surface area contributed by atoms with Gasteiger partial charge in [-0.3, -0.25) is 4.79 Å². The third kappa shape index (κ3) is 3.84. The van der Waals surface area contributed by atoms with Crippen LogP contribution in [0, 0.1) is 5.92 Å². The van der Waals surface area contributed by atoms with E-state index in [2.05, 4.69) is 5.32 Å². The average molecular weight is 253 g/mol. The molecule has 0 amide bonds. The second-order valence-electron chi connectivity index (χ2n) is 4.02. The van der Waals surface area contributed by atoms with Crippen molar-refractivity contribution >= 4 is 11.7 Å². The standard InChI is InChI=1S/C13H19NO4/c1-9(13(15)16)6-7-14-11-5-4-10(17-2)8-12(11)18-3/h4-5,8-9,14H,6-7H2,1-3H3,(H,15,16).